The van der Waals surface area contributed by atoms with Crippen LogP contribution in [-0.4, -0.2) is 59.5 Å². The average molecular weight is 429 g/mol. The third-order valence-corrected chi connectivity index (χ3v) is 7.07. The molecule has 0 N–H and O–H groups in total. The quantitative estimate of drug-likeness (QED) is 0.699. The van der Waals surface area contributed by atoms with Crippen LogP contribution >= 0.6 is 23.2 Å². The van der Waals surface area contributed by atoms with Gasteiger partial charge in [-0.15, -0.1) is 0 Å². The topological polar surface area (TPSA) is 75.5 Å². The first-order valence-electron chi connectivity index (χ1n) is 8.19. The molecule has 1 fully saturated rings. The molecule has 0 unspecified atom stereocenters. The van der Waals surface area contributed by atoms with Gasteiger partial charge in [0, 0.05) is 51.1 Å². The number of sulfonamides is 1. The molecule has 2 heterocycles. The summed E-state index contributed by atoms with van der Waals surface area (Å²) in [6, 6.07) is 4.57. The molecule has 1 amide bonds. The predicted molar refractivity (Wildman–Crippen MR) is 104 cm³/mol. The first-order valence-corrected chi connectivity index (χ1v) is 10.4. The number of nitrogens with zero attached hydrogens (tertiary/aromatic N) is 4. The molecule has 0 aliphatic carbocycles. The van der Waals surface area contributed by atoms with Crippen LogP contribution in [0.1, 0.15) is 5.56 Å². The monoisotopic (exact) mass is 428 g/mol. The first-order chi connectivity index (χ1) is 12.8. The van der Waals surface area contributed by atoms with Crippen LogP contribution in [0.3, 0.4) is 0 Å². The first kappa shape index (κ1) is 19.9. The Kier molecular flexibility index (Phi) is 5.90. The van der Waals surface area contributed by atoms with Crippen LogP contribution in [-0.2, 0) is 21.9 Å². The van der Waals surface area contributed by atoms with Crippen molar-refractivity contribution in [2.45, 2.75) is 4.90 Å². The van der Waals surface area contributed by atoms with Crippen molar-refractivity contribution in [1.29, 1.82) is 0 Å². The summed E-state index contributed by atoms with van der Waals surface area (Å²) in [4.78, 5) is 13.8. The minimum Gasteiger partial charge on any atom is -0.337 e. The standard InChI is InChI=1S/C17H18Cl2N4O3S/c1-21-12-13(11-20-21)5-6-16(24)22-7-9-23(10-8-22)27(25,26)17-14(18)3-2-4-15(17)19/h2-6,11-12H,7-10H2,1H3. The van der Waals surface area contributed by atoms with E-state index < -0.39 is 10.0 Å². The number of aryl methyl sites for hydroxylation is 1. The summed E-state index contributed by atoms with van der Waals surface area (Å²) in [7, 11) is -2.03. The van der Waals surface area contributed by atoms with Gasteiger partial charge in [-0.25, -0.2) is 8.42 Å². The fourth-order valence-electron chi connectivity index (χ4n) is 2.81. The molecule has 0 bridgehead atoms. The highest BCUT2D eigenvalue weighted by Crippen LogP contribution is 2.31. The number of aromatic nitrogens is 2. The second-order valence-electron chi connectivity index (χ2n) is 6.06. The van der Waals surface area contributed by atoms with E-state index in [-0.39, 0.29) is 47.0 Å². The number of hydrogen-bond donors (Lipinski definition) is 0. The molecule has 1 saturated heterocycles. The fourth-order valence-corrected chi connectivity index (χ4v) is 5.32. The summed E-state index contributed by atoms with van der Waals surface area (Å²) < 4.78 is 28.6. The highest BCUT2D eigenvalue weighted by molar-refractivity contribution is 7.89. The molecule has 7 nitrogen and oxygen atoms in total. The van der Waals surface area contributed by atoms with Crippen LogP contribution in [0.5, 0.6) is 0 Å². The van der Waals surface area contributed by atoms with Crippen LogP contribution in [0.25, 0.3) is 6.08 Å². The van der Waals surface area contributed by atoms with Crippen molar-refractivity contribution in [3.8, 4) is 0 Å². The number of amides is 1. The van der Waals surface area contributed by atoms with Crippen LogP contribution in [0.15, 0.2) is 41.6 Å². The Morgan fingerprint density at radius 1 is 1.15 bits per heavy atom. The summed E-state index contributed by atoms with van der Waals surface area (Å²) in [5.74, 6) is -0.174. The van der Waals surface area contributed by atoms with Gasteiger partial charge in [0.05, 0.1) is 16.2 Å². The lowest BCUT2D eigenvalue weighted by atomic mass is 10.3. The molecule has 144 valence electrons. The predicted octanol–water partition coefficient (Wildman–Crippen LogP) is 2.27. The van der Waals surface area contributed by atoms with E-state index in [0.29, 0.717) is 0 Å². The molecule has 1 aromatic carbocycles. The number of rotatable bonds is 4. The van der Waals surface area contributed by atoms with Crippen LogP contribution in [0.2, 0.25) is 10.0 Å². The summed E-state index contributed by atoms with van der Waals surface area (Å²) >= 11 is 12.1. The molecule has 0 saturated carbocycles. The Labute approximate surface area is 167 Å². The largest absolute Gasteiger partial charge is 0.337 e. The zero-order chi connectivity index (χ0) is 19.6. The van der Waals surface area contributed by atoms with Gasteiger partial charge >= 0.3 is 0 Å². The molecule has 27 heavy (non-hydrogen) atoms. The van der Waals surface area contributed by atoms with Crippen molar-refractivity contribution in [3.05, 3.63) is 52.3 Å². The Hall–Kier alpha value is -1.87. The lowest BCUT2D eigenvalue weighted by Gasteiger charge is -2.33. The van der Waals surface area contributed by atoms with Gasteiger partial charge in [-0.05, 0) is 18.2 Å². The van der Waals surface area contributed by atoms with Crippen molar-refractivity contribution in [2.75, 3.05) is 26.2 Å². The number of halogens is 2. The molecule has 1 aliphatic heterocycles. The SMILES string of the molecule is Cn1cc(C=CC(=O)N2CCN(S(=O)(=O)c3c(Cl)cccc3Cl)CC2)cn1. The van der Waals surface area contributed by atoms with E-state index in [4.69, 9.17) is 23.2 Å². The van der Waals surface area contributed by atoms with Gasteiger partial charge in [0.2, 0.25) is 15.9 Å². The van der Waals surface area contributed by atoms with E-state index in [1.54, 1.807) is 41.2 Å². The summed E-state index contributed by atoms with van der Waals surface area (Å²) in [6.45, 7) is 0.932. The molecule has 1 aliphatic rings. The molecule has 1 aromatic heterocycles. The van der Waals surface area contributed by atoms with Crippen LogP contribution in [0, 0.1) is 0 Å². The Bertz CT molecular complexity index is 960. The van der Waals surface area contributed by atoms with Crippen molar-refractivity contribution >= 4 is 45.2 Å². The number of carbonyl (C=O) groups excluding carboxylic acids is 1. The van der Waals surface area contributed by atoms with E-state index in [9.17, 15) is 13.2 Å². The number of benzene rings is 1. The van der Waals surface area contributed by atoms with Crippen molar-refractivity contribution < 1.29 is 13.2 Å². The van der Waals surface area contributed by atoms with Gasteiger partial charge in [0.15, 0.2) is 0 Å². The third kappa shape index (κ3) is 4.35. The van der Waals surface area contributed by atoms with Gasteiger partial charge in [0.1, 0.15) is 4.90 Å². The van der Waals surface area contributed by atoms with E-state index in [0.717, 1.165) is 5.56 Å². The lowest BCUT2D eigenvalue weighted by Crippen LogP contribution is -2.50. The normalized spacial score (nSPS) is 16.2. The highest BCUT2D eigenvalue weighted by Gasteiger charge is 2.32. The van der Waals surface area contributed by atoms with Gasteiger partial charge in [-0.3, -0.25) is 9.48 Å². The van der Waals surface area contributed by atoms with E-state index in [2.05, 4.69) is 5.10 Å². The van der Waals surface area contributed by atoms with E-state index in [1.807, 2.05) is 0 Å². The average Bonchev–Trinajstić information content (AvgIpc) is 3.05. The molecule has 3 rings (SSSR count). The Morgan fingerprint density at radius 2 is 1.78 bits per heavy atom. The summed E-state index contributed by atoms with van der Waals surface area (Å²) in [5.41, 5.74) is 0.820. The van der Waals surface area contributed by atoms with E-state index >= 15 is 0 Å². The minimum absolute atomic E-state index is 0.0837. The molecule has 10 heteroatoms. The Balaban J connectivity index is 1.66. The number of hydrogen-bond acceptors (Lipinski definition) is 4. The Morgan fingerprint density at radius 3 is 2.33 bits per heavy atom. The van der Waals surface area contributed by atoms with Gasteiger partial charge in [-0.2, -0.15) is 9.40 Å². The minimum atomic E-state index is -3.82. The maximum Gasteiger partial charge on any atom is 0.246 e. The van der Waals surface area contributed by atoms with Crippen molar-refractivity contribution in [3.63, 3.8) is 0 Å². The van der Waals surface area contributed by atoms with Gasteiger partial charge in [0.25, 0.3) is 0 Å². The van der Waals surface area contributed by atoms with Gasteiger partial charge in [-0.1, -0.05) is 29.3 Å². The van der Waals surface area contributed by atoms with Crippen molar-refractivity contribution in [2.24, 2.45) is 7.05 Å². The van der Waals surface area contributed by atoms with Crippen LogP contribution in [0.4, 0.5) is 0 Å². The number of piperazine rings is 1. The molecule has 0 atom stereocenters. The van der Waals surface area contributed by atoms with Crippen molar-refractivity contribution in [1.82, 2.24) is 19.0 Å². The molecule has 0 spiro atoms. The zero-order valence-corrected chi connectivity index (χ0v) is 16.9. The maximum absolute atomic E-state index is 12.8. The lowest BCUT2D eigenvalue weighted by molar-refractivity contribution is -0.127. The van der Waals surface area contributed by atoms with E-state index in [1.165, 1.54) is 22.5 Å². The number of carbonyl (C=O) groups is 1. The highest BCUT2D eigenvalue weighted by atomic mass is 35.5. The zero-order valence-electron chi connectivity index (χ0n) is 14.5. The fraction of sp³-hybridized carbons (Fsp3) is 0.294. The molecule has 2 aromatic rings. The summed E-state index contributed by atoms with van der Waals surface area (Å²) in [6.07, 6.45) is 6.59. The van der Waals surface area contributed by atoms with Gasteiger partial charge < -0.3 is 4.90 Å². The maximum atomic E-state index is 12.8. The third-order valence-electron chi connectivity index (χ3n) is 4.21. The molecule has 0 radical (unpaired) electrons. The van der Waals surface area contributed by atoms with Crippen LogP contribution < -0.4 is 0 Å². The molecular formula is C17H18Cl2N4O3S. The smallest absolute Gasteiger partial charge is 0.246 e. The second kappa shape index (κ2) is 8.02. The summed E-state index contributed by atoms with van der Waals surface area (Å²) in [5, 5.41) is 4.20. The second-order valence-corrected chi connectivity index (χ2v) is 8.75. The molecular weight excluding hydrogens is 411 g/mol.